The van der Waals surface area contributed by atoms with E-state index in [1.165, 1.54) is 11.1 Å². The SMILES string of the molecule is C=Cc1ccccc1CC[C@H](/C=C/COCc1ccc(OC)cc1)CCCO. The maximum absolute atomic E-state index is 9.18. The van der Waals surface area contributed by atoms with Crippen LogP contribution in [0, 0.1) is 5.92 Å². The van der Waals surface area contributed by atoms with Crippen molar-refractivity contribution in [3.63, 3.8) is 0 Å². The molecule has 0 radical (unpaired) electrons. The van der Waals surface area contributed by atoms with Gasteiger partial charge in [0.25, 0.3) is 0 Å². The van der Waals surface area contributed by atoms with Gasteiger partial charge in [-0.3, -0.25) is 0 Å². The van der Waals surface area contributed by atoms with Gasteiger partial charge in [-0.25, -0.2) is 0 Å². The largest absolute Gasteiger partial charge is 0.497 e. The minimum Gasteiger partial charge on any atom is -0.497 e. The number of aryl methyl sites for hydroxylation is 1. The van der Waals surface area contributed by atoms with E-state index in [-0.39, 0.29) is 6.61 Å². The van der Waals surface area contributed by atoms with Crippen LogP contribution in [0.15, 0.2) is 67.3 Å². The third-order valence-corrected chi connectivity index (χ3v) is 4.84. The minimum absolute atomic E-state index is 0.238. The van der Waals surface area contributed by atoms with Crippen molar-refractivity contribution >= 4 is 6.08 Å². The molecule has 1 N–H and O–H groups in total. The van der Waals surface area contributed by atoms with Crippen LogP contribution in [0.3, 0.4) is 0 Å². The van der Waals surface area contributed by atoms with Crippen molar-refractivity contribution in [3.8, 4) is 5.75 Å². The molecule has 2 rings (SSSR count). The van der Waals surface area contributed by atoms with Crippen molar-refractivity contribution < 1.29 is 14.6 Å². The molecule has 3 nitrogen and oxygen atoms in total. The highest BCUT2D eigenvalue weighted by Crippen LogP contribution is 2.19. The molecule has 0 aliphatic heterocycles. The van der Waals surface area contributed by atoms with Crippen LogP contribution in [0.1, 0.15) is 36.0 Å². The summed E-state index contributed by atoms with van der Waals surface area (Å²) in [6.45, 7) is 5.31. The second-order valence-electron chi connectivity index (χ2n) is 6.86. The molecule has 3 heteroatoms. The third kappa shape index (κ3) is 7.71. The summed E-state index contributed by atoms with van der Waals surface area (Å²) in [4.78, 5) is 0. The van der Waals surface area contributed by atoms with E-state index < -0.39 is 0 Å². The molecule has 0 heterocycles. The standard InChI is InChI=1S/C25H32O3/c1-3-23-10-4-5-11-24(23)15-12-21(8-6-18-26)9-7-19-28-20-22-13-16-25(27-2)17-14-22/h3-5,7,9-11,13-14,16-17,21,26H,1,6,8,12,15,18-20H2,2H3/b9-7+/t21-/m0/s1. The molecule has 28 heavy (non-hydrogen) atoms. The fraction of sp³-hybridized carbons (Fsp3) is 0.360. The summed E-state index contributed by atoms with van der Waals surface area (Å²) in [5.41, 5.74) is 3.66. The van der Waals surface area contributed by atoms with Crippen LogP contribution in [0.2, 0.25) is 0 Å². The molecule has 0 aliphatic rings. The molecule has 2 aromatic rings. The Morgan fingerprint density at radius 2 is 1.86 bits per heavy atom. The molecule has 1 atom stereocenters. The summed E-state index contributed by atoms with van der Waals surface area (Å²) in [6, 6.07) is 16.3. The van der Waals surface area contributed by atoms with Crippen molar-refractivity contribution in [2.24, 2.45) is 5.92 Å². The Morgan fingerprint density at radius 1 is 1.07 bits per heavy atom. The van der Waals surface area contributed by atoms with E-state index in [1.807, 2.05) is 36.4 Å². The lowest BCUT2D eigenvalue weighted by Gasteiger charge is -2.13. The Morgan fingerprint density at radius 3 is 2.57 bits per heavy atom. The highest BCUT2D eigenvalue weighted by molar-refractivity contribution is 5.51. The summed E-state index contributed by atoms with van der Waals surface area (Å²) >= 11 is 0. The van der Waals surface area contributed by atoms with Gasteiger partial charge in [0.1, 0.15) is 5.75 Å². The predicted molar refractivity (Wildman–Crippen MR) is 116 cm³/mol. The zero-order valence-electron chi connectivity index (χ0n) is 16.8. The fourth-order valence-corrected chi connectivity index (χ4v) is 3.21. The number of hydrogen-bond donors (Lipinski definition) is 1. The molecular formula is C25H32O3. The third-order valence-electron chi connectivity index (χ3n) is 4.84. The lowest BCUT2D eigenvalue weighted by molar-refractivity contribution is 0.148. The number of methoxy groups -OCH3 is 1. The van der Waals surface area contributed by atoms with E-state index in [0.717, 1.165) is 37.0 Å². The first kappa shape index (κ1) is 21.9. The van der Waals surface area contributed by atoms with Gasteiger partial charge in [-0.2, -0.15) is 0 Å². The van der Waals surface area contributed by atoms with Gasteiger partial charge in [0, 0.05) is 6.61 Å². The molecule has 150 valence electrons. The van der Waals surface area contributed by atoms with E-state index in [0.29, 0.717) is 19.1 Å². The lowest BCUT2D eigenvalue weighted by Crippen LogP contribution is -2.03. The Bertz CT molecular complexity index is 719. The molecule has 2 aromatic carbocycles. The molecule has 0 saturated carbocycles. The lowest BCUT2D eigenvalue weighted by atomic mass is 9.93. The van der Waals surface area contributed by atoms with E-state index in [1.54, 1.807) is 7.11 Å². The van der Waals surface area contributed by atoms with Crippen LogP contribution in [-0.2, 0) is 17.8 Å². The van der Waals surface area contributed by atoms with Gasteiger partial charge in [0.05, 0.1) is 20.3 Å². The summed E-state index contributed by atoms with van der Waals surface area (Å²) in [7, 11) is 1.67. The molecule has 0 bridgehead atoms. The van der Waals surface area contributed by atoms with Gasteiger partial charge in [0.15, 0.2) is 0 Å². The summed E-state index contributed by atoms with van der Waals surface area (Å²) in [5.74, 6) is 1.29. The number of hydrogen-bond acceptors (Lipinski definition) is 3. The average molecular weight is 381 g/mol. The highest BCUT2D eigenvalue weighted by Gasteiger charge is 2.07. The molecule has 0 aliphatic carbocycles. The molecular weight excluding hydrogens is 348 g/mol. The monoisotopic (exact) mass is 380 g/mol. The van der Waals surface area contributed by atoms with E-state index in [4.69, 9.17) is 9.47 Å². The first-order chi connectivity index (χ1) is 13.8. The number of aliphatic hydroxyl groups excluding tert-OH is 1. The average Bonchev–Trinajstić information content (AvgIpc) is 2.75. The number of allylic oxidation sites excluding steroid dienone is 1. The van der Waals surface area contributed by atoms with Crippen LogP contribution >= 0.6 is 0 Å². The van der Waals surface area contributed by atoms with Crippen molar-refractivity contribution in [1.29, 1.82) is 0 Å². The molecule has 0 amide bonds. The second-order valence-corrected chi connectivity index (χ2v) is 6.86. The summed E-state index contributed by atoms with van der Waals surface area (Å²) < 4.78 is 10.9. The van der Waals surface area contributed by atoms with Gasteiger partial charge in [0.2, 0.25) is 0 Å². The normalized spacial score (nSPS) is 12.2. The number of rotatable bonds is 13. The van der Waals surface area contributed by atoms with Crippen LogP contribution in [0.4, 0.5) is 0 Å². The van der Waals surface area contributed by atoms with Crippen LogP contribution in [-0.4, -0.2) is 25.4 Å². The number of benzene rings is 2. The van der Waals surface area contributed by atoms with E-state index >= 15 is 0 Å². The maximum Gasteiger partial charge on any atom is 0.118 e. The summed E-state index contributed by atoms with van der Waals surface area (Å²) in [6.07, 6.45) is 10.1. The van der Waals surface area contributed by atoms with Crippen LogP contribution < -0.4 is 4.74 Å². The Kier molecular flexibility index (Phi) is 10.1. The molecule has 0 aromatic heterocycles. The maximum atomic E-state index is 9.18. The Balaban J connectivity index is 1.80. The first-order valence-electron chi connectivity index (χ1n) is 9.95. The smallest absolute Gasteiger partial charge is 0.118 e. The minimum atomic E-state index is 0.238. The van der Waals surface area contributed by atoms with Gasteiger partial charge in [-0.15, -0.1) is 0 Å². The van der Waals surface area contributed by atoms with Crippen LogP contribution in [0.25, 0.3) is 6.08 Å². The zero-order valence-corrected chi connectivity index (χ0v) is 16.8. The van der Waals surface area contributed by atoms with Gasteiger partial charge >= 0.3 is 0 Å². The van der Waals surface area contributed by atoms with Crippen molar-refractivity contribution in [2.45, 2.75) is 32.3 Å². The topological polar surface area (TPSA) is 38.7 Å². The molecule has 0 fully saturated rings. The molecule has 0 saturated heterocycles. The van der Waals surface area contributed by atoms with Gasteiger partial charge in [-0.1, -0.05) is 61.2 Å². The Hall–Kier alpha value is -2.36. The Labute approximate surface area is 169 Å². The second kappa shape index (κ2) is 12.9. The molecule has 0 spiro atoms. The summed E-state index contributed by atoms with van der Waals surface area (Å²) in [5, 5.41) is 9.18. The van der Waals surface area contributed by atoms with Crippen molar-refractivity contribution in [3.05, 3.63) is 84.0 Å². The van der Waals surface area contributed by atoms with Crippen molar-refractivity contribution in [1.82, 2.24) is 0 Å². The highest BCUT2D eigenvalue weighted by atomic mass is 16.5. The first-order valence-corrected chi connectivity index (χ1v) is 9.95. The van der Waals surface area contributed by atoms with E-state index in [2.05, 4.69) is 36.9 Å². The van der Waals surface area contributed by atoms with Crippen molar-refractivity contribution in [2.75, 3.05) is 20.3 Å². The van der Waals surface area contributed by atoms with Crippen LogP contribution in [0.5, 0.6) is 5.75 Å². The van der Waals surface area contributed by atoms with Gasteiger partial charge < -0.3 is 14.6 Å². The number of aliphatic hydroxyl groups is 1. The number of ether oxygens (including phenoxy) is 2. The zero-order chi connectivity index (χ0) is 20.0. The van der Waals surface area contributed by atoms with E-state index in [9.17, 15) is 5.11 Å². The quantitative estimate of drug-likeness (QED) is 0.372. The predicted octanol–water partition coefficient (Wildman–Crippen LogP) is 5.43. The molecule has 0 unspecified atom stereocenters. The van der Waals surface area contributed by atoms with Gasteiger partial charge in [-0.05, 0) is 60.4 Å². The fourth-order valence-electron chi connectivity index (χ4n) is 3.21.